The highest BCUT2D eigenvalue weighted by atomic mass is 16.4. The largest absolute Gasteiger partial charge is 0.444 e. The fourth-order valence-electron chi connectivity index (χ4n) is 4.21. The van der Waals surface area contributed by atoms with E-state index >= 15 is 0 Å². The fraction of sp³-hybridized carbons (Fsp3) is 0.714. The van der Waals surface area contributed by atoms with Gasteiger partial charge in [-0.15, -0.1) is 0 Å². The van der Waals surface area contributed by atoms with Crippen molar-refractivity contribution in [3.05, 3.63) is 29.5 Å². The Balaban J connectivity index is 1.24. The molecule has 0 aromatic carbocycles. The van der Waals surface area contributed by atoms with Gasteiger partial charge in [0.05, 0.1) is 18.8 Å². The molecule has 0 amide bonds. The van der Waals surface area contributed by atoms with Gasteiger partial charge in [-0.25, -0.2) is 14.6 Å². The molecule has 1 atom stereocenters. The normalized spacial score (nSPS) is 20.9. The molecule has 1 unspecified atom stereocenters. The molecule has 4 heterocycles. The number of nitrogens with one attached hydrogen (secondary N) is 2. The van der Waals surface area contributed by atoms with E-state index in [2.05, 4.69) is 37.5 Å². The zero-order valence-corrected chi connectivity index (χ0v) is 18.4. The van der Waals surface area contributed by atoms with E-state index < -0.39 is 0 Å². The average molecular weight is 415 g/mol. The van der Waals surface area contributed by atoms with Crippen molar-refractivity contribution in [1.29, 1.82) is 0 Å². The van der Waals surface area contributed by atoms with Crippen molar-refractivity contribution in [1.82, 2.24) is 35.3 Å². The first-order valence-electron chi connectivity index (χ1n) is 11.2. The molecule has 2 N–H and O–H groups in total. The predicted octanol–water partition coefficient (Wildman–Crippen LogP) is 1.67. The molecule has 0 aliphatic carbocycles. The second kappa shape index (κ2) is 9.59. The van der Waals surface area contributed by atoms with Crippen molar-refractivity contribution in [2.75, 3.05) is 26.2 Å². The molecule has 2 aliphatic rings. The quantitative estimate of drug-likeness (QED) is 0.548. The van der Waals surface area contributed by atoms with Crippen molar-refractivity contribution < 1.29 is 4.42 Å². The van der Waals surface area contributed by atoms with Crippen LogP contribution in [-0.2, 0) is 19.5 Å². The smallest absolute Gasteiger partial charge is 0.208 e. The summed E-state index contributed by atoms with van der Waals surface area (Å²) in [7, 11) is 0. The van der Waals surface area contributed by atoms with E-state index in [0.717, 1.165) is 94.1 Å². The van der Waals surface area contributed by atoms with Crippen LogP contribution in [0.1, 0.15) is 49.4 Å². The van der Waals surface area contributed by atoms with Crippen molar-refractivity contribution in [3.8, 4) is 0 Å². The lowest BCUT2D eigenvalue weighted by molar-refractivity contribution is 0.166. The number of rotatable bonds is 6. The number of piperidine rings is 1. The van der Waals surface area contributed by atoms with Crippen LogP contribution < -0.4 is 10.6 Å². The lowest BCUT2D eigenvalue weighted by Gasteiger charge is -2.30. The van der Waals surface area contributed by atoms with Gasteiger partial charge >= 0.3 is 0 Å². The number of hydrogen-bond acceptors (Lipinski definition) is 6. The van der Waals surface area contributed by atoms with Gasteiger partial charge in [0.15, 0.2) is 5.96 Å². The van der Waals surface area contributed by atoms with Crippen LogP contribution in [0.5, 0.6) is 0 Å². The van der Waals surface area contributed by atoms with Crippen LogP contribution in [-0.4, -0.2) is 62.8 Å². The summed E-state index contributed by atoms with van der Waals surface area (Å²) in [4.78, 5) is 16.2. The molecule has 9 nitrogen and oxygen atoms in total. The Hall–Kier alpha value is -2.42. The third kappa shape index (κ3) is 5.19. The van der Waals surface area contributed by atoms with Crippen LogP contribution in [0.4, 0.5) is 0 Å². The molecule has 2 aliphatic heterocycles. The molecule has 0 bridgehead atoms. The number of guanidine groups is 1. The second-order valence-electron chi connectivity index (χ2n) is 8.43. The van der Waals surface area contributed by atoms with Crippen molar-refractivity contribution in [2.24, 2.45) is 10.9 Å². The Bertz CT molecular complexity index is 830. The molecule has 2 aromatic rings. The molecule has 1 fully saturated rings. The van der Waals surface area contributed by atoms with Crippen molar-refractivity contribution in [2.45, 2.75) is 65.6 Å². The van der Waals surface area contributed by atoms with Gasteiger partial charge in [-0.1, -0.05) is 0 Å². The van der Waals surface area contributed by atoms with Gasteiger partial charge in [0.25, 0.3) is 0 Å². The Morgan fingerprint density at radius 3 is 2.83 bits per heavy atom. The van der Waals surface area contributed by atoms with E-state index in [0.29, 0.717) is 12.0 Å². The van der Waals surface area contributed by atoms with Gasteiger partial charge in [0.1, 0.15) is 17.9 Å². The van der Waals surface area contributed by atoms with Crippen LogP contribution in [0.15, 0.2) is 15.7 Å². The summed E-state index contributed by atoms with van der Waals surface area (Å²) >= 11 is 0. The van der Waals surface area contributed by atoms with Gasteiger partial charge in [-0.05, 0) is 59.0 Å². The molecule has 1 saturated heterocycles. The number of likely N-dealkylation sites (tertiary alicyclic amines) is 1. The van der Waals surface area contributed by atoms with E-state index in [4.69, 9.17) is 9.41 Å². The third-order valence-corrected chi connectivity index (χ3v) is 6.14. The standard InChI is InChI=1S/C21H34N8O/c1-4-22-21(27-18-5-6-19-24-14-25-29(19)12-18)23-11-17-7-9-28(10-8-17)13-20-26-15(2)16(3)30-20/h14,17-18H,4-13H2,1-3H3,(H2,22,23,27). The first-order chi connectivity index (χ1) is 14.6. The number of aryl methyl sites for hydroxylation is 3. The molecular weight excluding hydrogens is 380 g/mol. The van der Waals surface area contributed by atoms with E-state index in [-0.39, 0.29) is 0 Å². The minimum absolute atomic E-state index is 0.339. The zero-order valence-electron chi connectivity index (χ0n) is 18.4. The molecule has 0 saturated carbocycles. The van der Waals surface area contributed by atoms with Gasteiger partial charge < -0.3 is 15.1 Å². The molecule has 30 heavy (non-hydrogen) atoms. The summed E-state index contributed by atoms with van der Waals surface area (Å²) in [6.45, 7) is 11.6. The van der Waals surface area contributed by atoms with Crippen LogP contribution in [0.2, 0.25) is 0 Å². The average Bonchev–Trinajstić information content (AvgIpc) is 3.33. The maximum atomic E-state index is 5.74. The van der Waals surface area contributed by atoms with E-state index in [1.54, 1.807) is 6.33 Å². The van der Waals surface area contributed by atoms with Gasteiger partial charge in [0.2, 0.25) is 5.89 Å². The Morgan fingerprint density at radius 1 is 1.27 bits per heavy atom. The summed E-state index contributed by atoms with van der Waals surface area (Å²) < 4.78 is 7.73. The summed E-state index contributed by atoms with van der Waals surface area (Å²) in [6, 6.07) is 0.339. The van der Waals surface area contributed by atoms with Crippen LogP contribution in [0.25, 0.3) is 0 Å². The molecular formula is C21H34N8O. The first kappa shape index (κ1) is 20.8. The number of aliphatic imine (C=N–C) groups is 1. The molecule has 9 heteroatoms. The monoisotopic (exact) mass is 414 g/mol. The van der Waals surface area contributed by atoms with Gasteiger partial charge in [-0.2, -0.15) is 5.10 Å². The number of fused-ring (bicyclic) bond motifs is 1. The fourth-order valence-corrected chi connectivity index (χ4v) is 4.21. The number of hydrogen-bond donors (Lipinski definition) is 2. The molecule has 164 valence electrons. The highest BCUT2D eigenvalue weighted by molar-refractivity contribution is 5.80. The topological polar surface area (TPSA) is 96.4 Å². The van der Waals surface area contributed by atoms with Crippen molar-refractivity contribution in [3.63, 3.8) is 0 Å². The highest BCUT2D eigenvalue weighted by Crippen LogP contribution is 2.20. The lowest BCUT2D eigenvalue weighted by atomic mass is 9.97. The maximum absolute atomic E-state index is 5.74. The minimum Gasteiger partial charge on any atom is -0.444 e. The predicted molar refractivity (Wildman–Crippen MR) is 115 cm³/mol. The summed E-state index contributed by atoms with van der Waals surface area (Å²) in [5.74, 6) is 4.38. The van der Waals surface area contributed by atoms with Crippen molar-refractivity contribution >= 4 is 5.96 Å². The summed E-state index contributed by atoms with van der Waals surface area (Å²) in [5.41, 5.74) is 0.996. The second-order valence-corrected chi connectivity index (χ2v) is 8.43. The summed E-state index contributed by atoms with van der Waals surface area (Å²) in [6.07, 6.45) is 5.98. The van der Waals surface area contributed by atoms with Crippen LogP contribution in [0.3, 0.4) is 0 Å². The van der Waals surface area contributed by atoms with E-state index in [9.17, 15) is 0 Å². The van der Waals surface area contributed by atoms with E-state index in [1.807, 2.05) is 18.5 Å². The number of oxazole rings is 1. The molecule has 2 aromatic heterocycles. The molecule has 0 radical (unpaired) electrons. The van der Waals surface area contributed by atoms with E-state index in [1.165, 1.54) is 0 Å². The van der Waals surface area contributed by atoms with Gasteiger partial charge in [0, 0.05) is 25.6 Å². The Morgan fingerprint density at radius 2 is 2.10 bits per heavy atom. The highest BCUT2D eigenvalue weighted by Gasteiger charge is 2.22. The molecule has 4 rings (SSSR count). The Labute approximate surface area is 178 Å². The minimum atomic E-state index is 0.339. The Kier molecular flexibility index (Phi) is 6.66. The zero-order chi connectivity index (χ0) is 20.9. The van der Waals surface area contributed by atoms with Crippen LogP contribution >= 0.6 is 0 Å². The molecule has 0 spiro atoms. The lowest BCUT2D eigenvalue weighted by Crippen LogP contribution is -2.47. The third-order valence-electron chi connectivity index (χ3n) is 6.14. The first-order valence-corrected chi connectivity index (χ1v) is 11.2. The summed E-state index contributed by atoms with van der Waals surface area (Å²) in [5, 5.41) is 11.3. The maximum Gasteiger partial charge on any atom is 0.208 e. The SMILES string of the molecule is CCNC(=NCC1CCN(Cc2nc(C)c(C)o2)CC1)NC1CCc2ncnn2C1. The number of aromatic nitrogens is 4. The van der Waals surface area contributed by atoms with Gasteiger partial charge in [-0.3, -0.25) is 9.89 Å². The number of nitrogens with zero attached hydrogens (tertiary/aromatic N) is 6. The van der Waals surface area contributed by atoms with Crippen LogP contribution in [0, 0.1) is 19.8 Å².